The second kappa shape index (κ2) is 4.33. The Kier molecular flexibility index (Phi) is 3.09. The first-order valence-electron chi connectivity index (χ1n) is 3.69. The quantitative estimate of drug-likeness (QED) is 0.795. The van der Waals surface area contributed by atoms with Gasteiger partial charge in [-0.1, -0.05) is 0 Å². The lowest BCUT2D eigenvalue weighted by Gasteiger charge is -2.00. The van der Waals surface area contributed by atoms with E-state index in [1.807, 2.05) is 6.92 Å². The van der Waals surface area contributed by atoms with Crippen molar-refractivity contribution in [2.75, 3.05) is 0 Å². The van der Waals surface area contributed by atoms with Crippen LogP contribution >= 0.6 is 39.2 Å². The average molecular weight is 289 g/mol. The molecule has 0 aromatic carbocycles. The van der Waals surface area contributed by atoms with E-state index < -0.39 is 0 Å². The van der Waals surface area contributed by atoms with Crippen LogP contribution in [0.4, 0.5) is 0 Å². The highest BCUT2D eigenvalue weighted by molar-refractivity contribution is 9.10. The predicted octanol–water partition coefficient (Wildman–Crippen LogP) is 2.55. The lowest BCUT2D eigenvalue weighted by Crippen LogP contribution is -1.89. The fourth-order valence-corrected chi connectivity index (χ4v) is 2.62. The van der Waals surface area contributed by atoms with Crippen LogP contribution in [0, 0.1) is 6.92 Å². The number of nitrogens with zero attached hydrogens (tertiary/aromatic N) is 4. The molecule has 2 rings (SSSR count). The standard InChI is InChI=1S/C7H5BrN4S2/c1-4-9-2-5(8)6(12-4)13-7-10-3-11-14-7/h2-3H,1H3. The van der Waals surface area contributed by atoms with Gasteiger partial charge in [0.15, 0.2) is 4.34 Å². The molecular formula is C7H5BrN4S2. The zero-order chi connectivity index (χ0) is 9.97. The van der Waals surface area contributed by atoms with Crippen LogP contribution in [-0.4, -0.2) is 19.3 Å². The largest absolute Gasteiger partial charge is 0.240 e. The Morgan fingerprint density at radius 1 is 1.43 bits per heavy atom. The van der Waals surface area contributed by atoms with Crippen molar-refractivity contribution in [1.82, 2.24) is 19.3 Å². The normalized spacial score (nSPS) is 10.4. The van der Waals surface area contributed by atoms with Gasteiger partial charge in [-0.15, -0.1) is 0 Å². The molecule has 2 aromatic rings. The summed E-state index contributed by atoms with van der Waals surface area (Å²) in [6.07, 6.45) is 3.28. The third-order valence-electron chi connectivity index (χ3n) is 1.36. The van der Waals surface area contributed by atoms with Crippen molar-refractivity contribution in [2.45, 2.75) is 16.3 Å². The van der Waals surface area contributed by atoms with E-state index in [2.05, 4.69) is 35.3 Å². The van der Waals surface area contributed by atoms with Crippen LogP contribution in [0.3, 0.4) is 0 Å². The number of hydrogen-bond donors (Lipinski definition) is 0. The van der Waals surface area contributed by atoms with Crippen LogP contribution < -0.4 is 0 Å². The summed E-state index contributed by atoms with van der Waals surface area (Å²) in [7, 11) is 0. The van der Waals surface area contributed by atoms with Crippen molar-refractivity contribution in [3.05, 3.63) is 22.8 Å². The maximum Gasteiger partial charge on any atom is 0.176 e. The molecule has 0 unspecified atom stereocenters. The Bertz CT molecular complexity index is 431. The molecular weight excluding hydrogens is 284 g/mol. The van der Waals surface area contributed by atoms with Gasteiger partial charge in [0.1, 0.15) is 17.2 Å². The number of aromatic nitrogens is 4. The summed E-state index contributed by atoms with van der Waals surface area (Å²) in [6, 6.07) is 0. The van der Waals surface area contributed by atoms with E-state index in [4.69, 9.17) is 0 Å². The van der Waals surface area contributed by atoms with E-state index >= 15 is 0 Å². The molecule has 0 aliphatic carbocycles. The van der Waals surface area contributed by atoms with Gasteiger partial charge in [0.05, 0.1) is 4.47 Å². The SMILES string of the molecule is Cc1ncc(Br)c(Sc2ncns2)n1. The first-order valence-corrected chi connectivity index (χ1v) is 6.07. The van der Waals surface area contributed by atoms with Gasteiger partial charge in [-0.2, -0.15) is 4.37 Å². The van der Waals surface area contributed by atoms with Crippen molar-refractivity contribution in [3.8, 4) is 0 Å². The summed E-state index contributed by atoms with van der Waals surface area (Å²) in [5.41, 5.74) is 0. The number of halogens is 1. The molecule has 0 saturated heterocycles. The third-order valence-corrected chi connectivity index (χ3v) is 3.92. The van der Waals surface area contributed by atoms with Crippen LogP contribution in [0.15, 0.2) is 26.4 Å². The van der Waals surface area contributed by atoms with Crippen molar-refractivity contribution in [2.24, 2.45) is 0 Å². The number of aryl methyl sites for hydroxylation is 1. The molecule has 0 bridgehead atoms. The fraction of sp³-hybridized carbons (Fsp3) is 0.143. The minimum atomic E-state index is 0.750. The van der Waals surface area contributed by atoms with Crippen LogP contribution in [0.5, 0.6) is 0 Å². The zero-order valence-corrected chi connectivity index (χ0v) is 10.4. The molecule has 0 spiro atoms. The smallest absolute Gasteiger partial charge is 0.176 e. The second-order valence-electron chi connectivity index (χ2n) is 2.38. The van der Waals surface area contributed by atoms with Gasteiger partial charge in [-0.05, 0) is 46.1 Å². The van der Waals surface area contributed by atoms with E-state index in [1.165, 1.54) is 29.6 Å². The van der Waals surface area contributed by atoms with E-state index in [1.54, 1.807) is 6.20 Å². The fourth-order valence-electron chi connectivity index (χ4n) is 0.797. The van der Waals surface area contributed by atoms with Gasteiger partial charge in [-0.25, -0.2) is 15.0 Å². The molecule has 2 aromatic heterocycles. The van der Waals surface area contributed by atoms with E-state index in [-0.39, 0.29) is 0 Å². The maximum absolute atomic E-state index is 4.29. The van der Waals surface area contributed by atoms with Gasteiger partial charge in [-0.3, -0.25) is 0 Å². The lowest BCUT2D eigenvalue weighted by molar-refractivity contribution is 0.951. The first kappa shape index (κ1) is 10.0. The van der Waals surface area contributed by atoms with Gasteiger partial charge in [0.2, 0.25) is 0 Å². The summed E-state index contributed by atoms with van der Waals surface area (Å²) in [4.78, 5) is 12.4. The Morgan fingerprint density at radius 2 is 2.29 bits per heavy atom. The van der Waals surface area contributed by atoms with Crippen LogP contribution in [0.1, 0.15) is 5.82 Å². The van der Waals surface area contributed by atoms with Crippen molar-refractivity contribution in [1.29, 1.82) is 0 Å². The first-order chi connectivity index (χ1) is 6.75. The highest BCUT2D eigenvalue weighted by Gasteiger charge is 2.07. The summed E-state index contributed by atoms with van der Waals surface area (Å²) in [5.74, 6) is 0.750. The molecule has 72 valence electrons. The van der Waals surface area contributed by atoms with Gasteiger partial charge < -0.3 is 0 Å². The molecule has 0 aliphatic heterocycles. The molecule has 0 saturated carbocycles. The molecule has 0 fully saturated rings. The van der Waals surface area contributed by atoms with Crippen molar-refractivity contribution in [3.63, 3.8) is 0 Å². The molecule has 0 aliphatic rings. The Morgan fingerprint density at radius 3 is 3.00 bits per heavy atom. The number of rotatable bonds is 2. The lowest BCUT2D eigenvalue weighted by atomic mass is 10.6. The number of hydrogen-bond acceptors (Lipinski definition) is 6. The molecule has 4 nitrogen and oxygen atoms in total. The second-order valence-corrected chi connectivity index (χ2v) is 5.25. The minimum Gasteiger partial charge on any atom is -0.240 e. The van der Waals surface area contributed by atoms with E-state index in [0.717, 1.165) is 19.7 Å². The molecule has 0 N–H and O–H groups in total. The van der Waals surface area contributed by atoms with Crippen molar-refractivity contribution >= 4 is 39.2 Å². The maximum atomic E-state index is 4.29. The summed E-state index contributed by atoms with van der Waals surface area (Å²) in [6.45, 7) is 1.86. The molecule has 7 heteroatoms. The Hall–Kier alpha value is -0.530. The average Bonchev–Trinajstić information content (AvgIpc) is 2.64. The van der Waals surface area contributed by atoms with E-state index in [9.17, 15) is 0 Å². The predicted molar refractivity (Wildman–Crippen MR) is 58.5 cm³/mol. The van der Waals surface area contributed by atoms with Crippen LogP contribution in [0.2, 0.25) is 0 Å². The Balaban J connectivity index is 2.28. The van der Waals surface area contributed by atoms with Gasteiger partial charge >= 0.3 is 0 Å². The monoisotopic (exact) mass is 288 g/mol. The summed E-state index contributed by atoms with van der Waals surface area (Å²) < 4.78 is 5.68. The summed E-state index contributed by atoms with van der Waals surface area (Å²) >= 11 is 6.22. The summed E-state index contributed by atoms with van der Waals surface area (Å²) in [5, 5.41) is 0.870. The topological polar surface area (TPSA) is 51.6 Å². The third kappa shape index (κ3) is 2.28. The molecule has 14 heavy (non-hydrogen) atoms. The highest BCUT2D eigenvalue weighted by atomic mass is 79.9. The molecule has 2 heterocycles. The van der Waals surface area contributed by atoms with E-state index in [0.29, 0.717) is 0 Å². The molecule has 0 radical (unpaired) electrons. The van der Waals surface area contributed by atoms with Crippen LogP contribution in [0.25, 0.3) is 0 Å². The highest BCUT2D eigenvalue weighted by Crippen LogP contribution is 2.31. The minimum absolute atomic E-state index is 0.750. The molecule has 0 atom stereocenters. The van der Waals surface area contributed by atoms with Crippen LogP contribution in [-0.2, 0) is 0 Å². The molecule has 0 amide bonds. The Labute approximate surface area is 97.5 Å². The van der Waals surface area contributed by atoms with Crippen molar-refractivity contribution < 1.29 is 0 Å². The van der Waals surface area contributed by atoms with Gasteiger partial charge in [0.25, 0.3) is 0 Å². The zero-order valence-electron chi connectivity index (χ0n) is 7.14. The van der Waals surface area contributed by atoms with Gasteiger partial charge in [0, 0.05) is 6.20 Å².